The lowest BCUT2D eigenvalue weighted by molar-refractivity contribution is 0.0972. The van der Waals surface area contributed by atoms with Gasteiger partial charge in [-0.2, -0.15) is 0 Å². The summed E-state index contributed by atoms with van der Waals surface area (Å²) in [4.78, 5) is 12.7. The number of para-hydroxylation sites is 1. The maximum absolute atomic E-state index is 12.7. The van der Waals surface area contributed by atoms with Crippen LogP contribution < -0.4 is 19.5 Å². The van der Waals surface area contributed by atoms with Gasteiger partial charge in [-0.15, -0.1) is 0 Å². The van der Waals surface area contributed by atoms with Gasteiger partial charge in [-0.3, -0.25) is 4.79 Å². The zero-order valence-electron chi connectivity index (χ0n) is 18.5. The van der Waals surface area contributed by atoms with Crippen LogP contribution in [0.15, 0.2) is 42.5 Å². The number of rotatable bonds is 11. The number of β-amino-alcohol motifs (C(OH)–C–C–N with tert-alkyl or cyclic N) is 1. The number of ketones is 1. The monoisotopic (exact) mass is 415 g/mol. The second-order valence-electron chi connectivity index (χ2n) is 8.20. The molecule has 1 unspecified atom stereocenters. The number of aliphatic hydroxyl groups is 1. The topological polar surface area (TPSA) is 77.0 Å². The van der Waals surface area contributed by atoms with Gasteiger partial charge >= 0.3 is 0 Å². The summed E-state index contributed by atoms with van der Waals surface area (Å²) in [5, 5.41) is 13.4. The van der Waals surface area contributed by atoms with E-state index in [1.165, 1.54) is 0 Å². The van der Waals surface area contributed by atoms with Crippen molar-refractivity contribution in [2.45, 2.75) is 45.3 Å². The van der Waals surface area contributed by atoms with Crippen LogP contribution >= 0.6 is 0 Å². The van der Waals surface area contributed by atoms with Crippen molar-refractivity contribution in [3.05, 3.63) is 53.6 Å². The van der Waals surface area contributed by atoms with E-state index in [-0.39, 0.29) is 17.9 Å². The number of ether oxygens (including phenoxy) is 3. The Kier molecular flexibility index (Phi) is 8.69. The van der Waals surface area contributed by atoms with Crippen LogP contribution in [0.4, 0.5) is 0 Å². The lowest BCUT2D eigenvalue weighted by Gasteiger charge is -2.23. The van der Waals surface area contributed by atoms with Gasteiger partial charge in [0.15, 0.2) is 17.3 Å². The third kappa shape index (κ3) is 7.35. The first-order valence-electron chi connectivity index (χ1n) is 10.1. The van der Waals surface area contributed by atoms with Crippen molar-refractivity contribution in [2.75, 3.05) is 27.4 Å². The van der Waals surface area contributed by atoms with Crippen LogP contribution in [0, 0.1) is 0 Å². The van der Waals surface area contributed by atoms with E-state index in [2.05, 4.69) is 5.32 Å². The molecule has 0 saturated heterocycles. The minimum atomic E-state index is -0.620. The molecular formula is C24H33NO5. The molecule has 0 spiro atoms. The Morgan fingerprint density at radius 1 is 1.03 bits per heavy atom. The largest absolute Gasteiger partial charge is 0.493 e. The minimum absolute atomic E-state index is 0.0140. The van der Waals surface area contributed by atoms with Gasteiger partial charge in [0.05, 0.1) is 14.2 Å². The number of nitrogens with one attached hydrogen (secondary N) is 1. The average Bonchev–Trinajstić information content (AvgIpc) is 2.74. The van der Waals surface area contributed by atoms with Gasteiger partial charge in [-0.1, -0.05) is 18.2 Å². The van der Waals surface area contributed by atoms with Gasteiger partial charge in [0.25, 0.3) is 0 Å². The number of hydrogen-bond acceptors (Lipinski definition) is 6. The van der Waals surface area contributed by atoms with Gasteiger partial charge in [-0.25, -0.2) is 0 Å². The van der Waals surface area contributed by atoms with Crippen LogP contribution in [0.2, 0.25) is 0 Å². The van der Waals surface area contributed by atoms with Gasteiger partial charge in [0.1, 0.15) is 18.5 Å². The highest BCUT2D eigenvalue weighted by Crippen LogP contribution is 2.28. The summed E-state index contributed by atoms with van der Waals surface area (Å²) < 4.78 is 16.3. The zero-order valence-corrected chi connectivity index (χ0v) is 18.5. The molecule has 30 heavy (non-hydrogen) atoms. The summed E-state index contributed by atoms with van der Waals surface area (Å²) >= 11 is 0. The molecule has 0 bridgehead atoms. The predicted molar refractivity (Wildman–Crippen MR) is 118 cm³/mol. The highest BCUT2D eigenvalue weighted by atomic mass is 16.5. The molecule has 2 rings (SSSR count). The first-order valence-corrected chi connectivity index (χ1v) is 10.1. The van der Waals surface area contributed by atoms with Crippen molar-refractivity contribution in [3.63, 3.8) is 0 Å². The smallest absolute Gasteiger partial charge is 0.163 e. The SMILES string of the molecule is COc1ccc(C(=O)CCc2ccccc2OCC(O)CNC(C)(C)C)cc1OC. The second-order valence-corrected chi connectivity index (χ2v) is 8.20. The van der Waals surface area contributed by atoms with E-state index >= 15 is 0 Å². The summed E-state index contributed by atoms with van der Waals surface area (Å²) in [5.74, 6) is 1.82. The predicted octanol–water partition coefficient (Wildman–Crippen LogP) is 3.65. The molecule has 2 aromatic carbocycles. The number of carbonyl (C=O) groups is 1. The Bertz CT molecular complexity index is 829. The molecule has 0 aromatic heterocycles. The quantitative estimate of drug-likeness (QED) is 0.546. The molecule has 0 fully saturated rings. The first-order chi connectivity index (χ1) is 14.2. The molecule has 6 heteroatoms. The summed E-state index contributed by atoms with van der Waals surface area (Å²) in [5.41, 5.74) is 1.45. The van der Waals surface area contributed by atoms with Crippen LogP contribution in [0.3, 0.4) is 0 Å². The van der Waals surface area contributed by atoms with Crippen molar-refractivity contribution in [3.8, 4) is 17.2 Å². The number of benzene rings is 2. The number of carbonyl (C=O) groups excluding carboxylic acids is 1. The van der Waals surface area contributed by atoms with E-state index in [4.69, 9.17) is 14.2 Å². The van der Waals surface area contributed by atoms with Crippen LogP contribution in [0.1, 0.15) is 43.1 Å². The summed E-state index contributed by atoms with van der Waals surface area (Å²) in [6.07, 6.45) is 0.259. The molecular weight excluding hydrogens is 382 g/mol. The molecule has 2 aromatic rings. The molecule has 0 aliphatic heterocycles. The van der Waals surface area contributed by atoms with Gasteiger partial charge in [0.2, 0.25) is 0 Å². The molecule has 164 valence electrons. The van der Waals surface area contributed by atoms with Gasteiger partial charge in [0, 0.05) is 24.1 Å². The van der Waals surface area contributed by atoms with Crippen molar-refractivity contribution < 1.29 is 24.1 Å². The minimum Gasteiger partial charge on any atom is -0.493 e. The number of methoxy groups -OCH3 is 2. The van der Waals surface area contributed by atoms with Crippen molar-refractivity contribution in [1.29, 1.82) is 0 Å². The molecule has 0 aliphatic rings. The van der Waals surface area contributed by atoms with E-state index in [0.29, 0.717) is 42.2 Å². The van der Waals surface area contributed by atoms with Crippen molar-refractivity contribution in [1.82, 2.24) is 5.32 Å². The van der Waals surface area contributed by atoms with Gasteiger partial charge < -0.3 is 24.6 Å². The number of Topliss-reactive ketones (excluding diaryl/α,β-unsaturated/α-hetero) is 1. The average molecular weight is 416 g/mol. The maximum atomic E-state index is 12.7. The highest BCUT2D eigenvalue weighted by Gasteiger charge is 2.15. The fourth-order valence-corrected chi connectivity index (χ4v) is 2.92. The zero-order chi connectivity index (χ0) is 22.1. The molecule has 0 heterocycles. The normalized spacial score (nSPS) is 12.3. The lowest BCUT2D eigenvalue weighted by Crippen LogP contribution is -2.42. The molecule has 0 saturated carbocycles. The summed E-state index contributed by atoms with van der Waals surface area (Å²) in [7, 11) is 3.11. The van der Waals surface area contributed by atoms with Crippen molar-refractivity contribution in [2.24, 2.45) is 0 Å². The fraction of sp³-hybridized carbons (Fsp3) is 0.458. The van der Waals surface area contributed by atoms with Crippen molar-refractivity contribution >= 4 is 5.78 Å². The standard InChI is InChI=1S/C24H33NO5/c1-24(2,3)25-15-19(26)16-30-21-9-7-6-8-17(21)10-12-20(27)18-11-13-22(28-4)23(14-18)29-5/h6-9,11,13-14,19,25-26H,10,12,15-16H2,1-5H3. The molecule has 0 amide bonds. The van der Waals surface area contributed by atoms with E-state index in [0.717, 1.165) is 5.56 Å². The maximum Gasteiger partial charge on any atom is 0.163 e. The third-order valence-electron chi connectivity index (χ3n) is 4.60. The lowest BCUT2D eigenvalue weighted by atomic mass is 10.0. The molecule has 6 nitrogen and oxygen atoms in total. The third-order valence-corrected chi connectivity index (χ3v) is 4.60. The molecule has 0 aliphatic carbocycles. The molecule has 0 radical (unpaired) electrons. The summed E-state index contributed by atoms with van der Waals surface area (Å²) in [6, 6.07) is 12.8. The number of aryl methyl sites for hydroxylation is 1. The van der Waals surface area contributed by atoms with Crippen LogP contribution in [-0.4, -0.2) is 49.9 Å². The van der Waals surface area contributed by atoms with E-state index in [1.807, 2.05) is 45.0 Å². The van der Waals surface area contributed by atoms with Crippen LogP contribution in [0.25, 0.3) is 0 Å². The fourth-order valence-electron chi connectivity index (χ4n) is 2.92. The number of aliphatic hydroxyl groups excluding tert-OH is 1. The first kappa shape index (κ1) is 23.7. The van der Waals surface area contributed by atoms with E-state index in [1.54, 1.807) is 32.4 Å². The van der Waals surface area contributed by atoms with E-state index < -0.39 is 6.10 Å². The highest BCUT2D eigenvalue weighted by molar-refractivity contribution is 5.96. The second kappa shape index (κ2) is 11.0. The Morgan fingerprint density at radius 2 is 1.73 bits per heavy atom. The van der Waals surface area contributed by atoms with Crippen LogP contribution in [0.5, 0.6) is 17.2 Å². The molecule has 2 N–H and O–H groups in total. The Labute approximate surface area is 179 Å². The van der Waals surface area contributed by atoms with Crippen LogP contribution in [-0.2, 0) is 6.42 Å². The van der Waals surface area contributed by atoms with Gasteiger partial charge in [-0.05, 0) is 57.0 Å². The summed E-state index contributed by atoms with van der Waals surface area (Å²) in [6.45, 7) is 6.77. The Balaban J connectivity index is 1.95. The van der Waals surface area contributed by atoms with E-state index in [9.17, 15) is 9.90 Å². The number of hydrogen-bond donors (Lipinski definition) is 2. The Hall–Kier alpha value is -2.57. The molecule has 1 atom stereocenters. The Morgan fingerprint density at radius 3 is 2.40 bits per heavy atom.